The van der Waals surface area contributed by atoms with Crippen molar-refractivity contribution < 1.29 is 9.32 Å². The highest BCUT2D eigenvalue weighted by atomic mass is 16.5. The van der Waals surface area contributed by atoms with Crippen molar-refractivity contribution in [2.24, 2.45) is 5.92 Å². The standard InChI is InChI=1S/C21H27N3O2/c1-3-19-20(15(2)26-22-19)21(25)24-13-17-9-10-18(24)14-23(12-17)11-16-7-5-4-6-8-16/h4-8,17-18H,3,9-14H2,1-2H3/t17-,18+/m0/s1. The number of piperidine rings is 1. The Labute approximate surface area is 155 Å². The minimum atomic E-state index is 0.108. The van der Waals surface area contributed by atoms with Crippen LogP contribution < -0.4 is 0 Å². The fraction of sp³-hybridized carbons (Fsp3) is 0.524. The molecule has 2 bridgehead atoms. The van der Waals surface area contributed by atoms with Gasteiger partial charge in [0.25, 0.3) is 5.91 Å². The van der Waals surface area contributed by atoms with E-state index in [1.807, 2.05) is 13.8 Å². The summed E-state index contributed by atoms with van der Waals surface area (Å²) < 4.78 is 5.30. The average molecular weight is 353 g/mol. The van der Waals surface area contributed by atoms with Crippen molar-refractivity contribution in [1.29, 1.82) is 0 Å². The fourth-order valence-electron chi connectivity index (χ4n) is 4.48. The molecule has 1 amide bonds. The highest BCUT2D eigenvalue weighted by Crippen LogP contribution is 2.31. The topological polar surface area (TPSA) is 49.6 Å². The predicted molar refractivity (Wildman–Crippen MR) is 99.9 cm³/mol. The summed E-state index contributed by atoms with van der Waals surface area (Å²) in [5.41, 5.74) is 2.82. The molecule has 3 saturated heterocycles. The Hall–Kier alpha value is -2.14. The molecule has 0 saturated carbocycles. The molecule has 3 aliphatic rings. The van der Waals surface area contributed by atoms with Gasteiger partial charge in [-0.2, -0.15) is 0 Å². The molecule has 1 aromatic carbocycles. The number of nitrogens with zero attached hydrogens (tertiary/aromatic N) is 3. The lowest BCUT2D eigenvalue weighted by atomic mass is 9.94. The number of carbonyl (C=O) groups is 1. The third-order valence-corrected chi connectivity index (χ3v) is 5.78. The number of aromatic nitrogens is 1. The first-order valence-electron chi connectivity index (χ1n) is 9.68. The number of fused-ring (bicyclic) bond motifs is 4. The molecule has 0 radical (unpaired) electrons. The van der Waals surface area contributed by atoms with Gasteiger partial charge in [-0.1, -0.05) is 42.4 Å². The summed E-state index contributed by atoms with van der Waals surface area (Å²) >= 11 is 0. The van der Waals surface area contributed by atoms with Gasteiger partial charge in [0.1, 0.15) is 11.3 Å². The minimum Gasteiger partial charge on any atom is -0.361 e. The molecule has 2 aromatic rings. The summed E-state index contributed by atoms with van der Waals surface area (Å²) in [6, 6.07) is 10.9. The highest BCUT2D eigenvalue weighted by molar-refractivity contribution is 5.96. The lowest BCUT2D eigenvalue weighted by Gasteiger charge is -2.36. The molecule has 0 spiro atoms. The van der Waals surface area contributed by atoms with Crippen LogP contribution in [0.4, 0.5) is 0 Å². The van der Waals surface area contributed by atoms with Gasteiger partial charge in [0.15, 0.2) is 0 Å². The van der Waals surface area contributed by atoms with Crippen LogP contribution in [0.25, 0.3) is 0 Å². The zero-order chi connectivity index (χ0) is 18.1. The lowest BCUT2D eigenvalue weighted by molar-refractivity contribution is 0.0582. The van der Waals surface area contributed by atoms with E-state index in [1.54, 1.807) is 0 Å². The summed E-state index contributed by atoms with van der Waals surface area (Å²) in [7, 11) is 0. The smallest absolute Gasteiger partial charge is 0.259 e. The molecule has 3 fully saturated rings. The summed E-state index contributed by atoms with van der Waals surface area (Å²) in [6.45, 7) is 7.69. The Kier molecular flexibility index (Phi) is 4.81. The van der Waals surface area contributed by atoms with Gasteiger partial charge in [0.05, 0.1) is 5.69 Å². The second-order valence-electron chi connectivity index (χ2n) is 7.65. The van der Waals surface area contributed by atoms with Crippen LogP contribution in [0.5, 0.6) is 0 Å². The molecule has 0 N–H and O–H groups in total. The molecule has 0 aliphatic carbocycles. The van der Waals surface area contributed by atoms with Gasteiger partial charge in [-0.05, 0) is 37.7 Å². The fourth-order valence-corrected chi connectivity index (χ4v) is 4.48. The average Bonchev–Trinajstić information content (AvgIpc) is 2.82. The van der Waals surface area contributed by atoms with Crippen molar-refractivity contribution in [3.8, 4) is 0 Å². The SMILES string of the molecule is CCc1noc(C)c1C(=O)N1C[C@H]2CC[C@@H]1CN(Cc1ccccc1)C2. The predicted octanol–water partition coefficient (Wildman–Crippen LogP) is 3.28. The Morgan fingerprint density at radius 1 is 1.19 bits per heavy atom. The summed E-state index contributed by atoms with van der Waals surface area (Å²) in [5, 5.41) is 4.07. The van der Waals surface area contributed by atoms with Gasteiger partial charge in [-0.25, -0.2) is 0 Å². The van der Waals surface area contributed by atoms with E-state index < -0.39 is 0 Å². The first-order valence-corrected chi connectivity index (χ1v) is 9.68. The zero-order valence-corrected chi connectivity index (χ0v) is 15.6. The quantitative estimate of drug-likeness (QED) is 0.846. The third-order valence-electron chi connectivity index (χ3n) is 5.78. The van der Waals surface area contributed by atoms with Crippen molar-refractivity contribution in [1.82, 2.24) is 15.0 Å². The molecular formula is C21H27N3O2. The van der Waals surface area contributed by atoms with E-state index in [0.29, 0.717) is 17.2 Å². The Morgan fingerprint density at radius 2 is 2.00 bits per heavy atom. The van der Waals surface area contributed by atoms with Gasteiger partial charge < -0.3 is 9.42 Å². The van der Waals surface area contributed by atoms with Crippen molar-refractivity contribution in [2.45, 2.75) is 45.7 Å². The molecule has 2 atom stereocenters. The molecule has 26 heavy (non-hydrogen) atoms. The van der Waals surface area contributed by atoms with Crippen LogP contribution in [0.1, 0.15) is 47.1 Å². The van der Waals surface area contributed by atoms with Gasteiger partial charge in [0.2, 0.25) is 0 Å². The van der Waals surface area contributed by atoms with Crippen LogP contribution >= 0.6 is 0 Å². The first-order chi connectivity index (χ1) is 12.7. The molecule has 5 heteroatoms. The molecule has 5 rings (SSSR count). The van der Waals surface area contributed by atoms with E-state index in [9.17, 15) is 4.79 Å². The van der Waals surface area contributed by atoms with E-state index in [0.717, 1.165) is 44.7 Å². The van der Waals surface area contributed by atoms with Crippen LogP contribution in [0.2, 0.25) is 0 Å². The van der Waals surface area contributed by atoms with Gasteiger partial charge in [-0.15, -0.1) is 0 Å². The normalized spacial score (nSPS) is 23.2. The van der Waals surface area contributed by atoms with Crippen molar-refractivity contribution in [3.63, 3.8) is 0 Å². The van der Waals surface area contributed by atoms with Gasteiger partial charge >= 0.3 is 0 Å². The molecule has 0 unspecified atom stereocenters. The van der Waals surface area contributed by atoms with E-state index in [2.05, 4.69) is 45.3 Å². The van der Waals surface area contributed by atoms with Gasteiger partial charge in [0, 0.05) is 32.2 Å². The number of hydrogen-bond acceptors (Lipinski definition) is 4. The van der Waals surface area contributed by atoms with Crippen LogP contribution in [-0.4, -0.2) is 46.5 Å². The molecule has 5 nitrogen and oxygen atoms in total. The summed E-state index contributed by atoms with van der Waals surface area (Å²) in [4.78, 5) is 17.9. The van der Waals surface area contributed by atoms with Crippen LogP contribution in [0.15, 0.2) is 34.9 Å². The molecule has 1 aromatic heterocycles. The zero-order valence-electron chi connectivity index (χ0n) is 15.6. The molecule has 138 valence electrons. The number of rotatable bonds is 4. The monoisotopic (exact) mass is 353 g/mol. The number of aryl methyl sites for hydroxylation is 2. The Bertz CT molecular complexity index is 771. The van der Waals surface area contributed by atoms with Crippen LogP contribution in [0.3, 0.4) is 0 Å². The number of hydrogen-bond donors (Lipinski definition) is 0. The van der Waals surface area contributed by atoms with Crippen LogP contribution in [-0.2, 0) is 13.0 Å². The Balaban J connectivity index is 1.53. The second-order valence-corrected chi connectivity index (χ2v) is 7.65. The third kappa shape index (κ3) is 3.28. The van der Waals surface area contributed by atoms with E-state index in [4.69, 9.17) is 4.52 Å². The number of benzene rings is 1. The molecule has 4 heterocycles. The van der Waals surface area contributed by atoms with Crippen molar-refractivity contribution >= 4 is 5.91 Å². The molecule has 3 aliphatic heterocycles. The summed E-state index contributed by atoms with van der Waals surface area (Å²) in [5.74, 6) is 1.30. The highest BCUT2D eigenvalue weighted by Gasteiger charge is 2.39. The largest absolute Gasteiger partial charge is 0.361 e. The second kappa shape index (κ2) is 7.23. The lowest BCUT2D eigenvalue weighted by Crippen LogP contribution is -2.47. The van der Waals surface area contributed by atoms with Crippen LogP contribution in [0, 0.1) is 12.8 Å². The maximum atomic E-state index is 13.3. The van der Waals surface area contributed by atoms with E-state index in [1.165, 1.54) is 12.0 Å². The minimum absolute atomic E-state index is 0.108. The maximum absolute atomic E-state index is 13.3. The maximum Gasteiger partial charge on any atom is 0.259 e. The van der Waals surface area contributed by atoms with Crippen molar-refractivity contribution in [2.75, 3.05) is 19.6 Å². The molecular weight excluding hydrogens is 326 g/mol. The van der Waals surface area contributed by atoms with E-state index >= 15 is 0 Å². The van der Waals surface area contributed by atoms with E-state index in [-0.39, 0.29) is 11.9 Å². The van der Waals surface area contributed by atoms with Gasteiger partial charge in [-0.3, -0.25) is 9.69 Å². The number of amides is 1. The number of carbonyl (C=O) groups excluding carboxylic acids is 1. The summed E-state index contributed by atoms with van der Waals surface area (Å²) in [6.07, 6.45) is 3.02. The van der Waals surface area contributed by atoms with Crippen molar-refractivity contribution in [3.05, 3.63) is 52.9 Å². The first kappa shape index (κ1) is 17.3. The Morgan fingerprint density at radius 3 is 2.77 bits per heavy atom.